The van der Waals surface area contributed by atoms with Crippen molar-refractivity contribution in [3.05, 3.63) is 53.6 Å². The first-order valence-corrected chi connectivity index (χ1v) is 6.13. The molecule has 1 aliphatic rings. The van der Waals surface area contributed by atoms with E-state index in [4.69, 9.17) is 5.11 Å². The maximum atomic E-state index is 8.99. The van der Waals surface area contributed by atoms with Crippen LogP contribution in [0.1, 0.15) is 17.5 Å². The molecule has 0 aliphatic heterocycles. The number of allylic oxidation sites excluding steroid dienone is 4. The van der Waals surface area contributed by atoms with Crippen LogP contribution in [0.25, 0.3) is 0 Å². The third kappa shape index (κ3) is 7.39. The molecule has 0 atom stereocenters. The molecule has 0 heterocycles. The first-order valence-electron chi connectivity index (χ1n) is 5.03. The van der Waals surface area contributed by atoms with E-state index in [-0.39, 0.29) is 0 Å². The van der Waals surface area contributed by atoms with Gasteiger partial charge in [0.15, 0.2) is 0 Å². The van der Waals surface area contributed by atoms with Crippen molar-refractivity contribution in [3.8, 4) is 5.75 Å². The molecule has 1 N–H and O–H groups in total. The summed E-state index contributed by atoms with van der Waals surface area (Å²) < 4.78 is 0. The van der Waals surface area contributed by atoms with Gasteiger partial charge in [0.2, 0.25) is 0 Å². The van der Waals surface area contributed by atoms with Gasteiger partial charge in [-0.3, -0.25) is 6.08 Å². The Morgan fingerprint density at radius 1 is 1.19 bits per heavy atom. The minimum absolute atomic E-state index is 0.354. The molecule has 1 nitrogen and oxygen atoms in total. The van der Waals surface area contributed by atoms with Gasteiger partial charge in [0.25, 0.3) is 0 Å². The van der Waals surface area contributed by atoms with Crippen LogP contribution < -0.4 is 0 Å². The summed E-state index contributed by atoms with van der Waals surface area (Å²) in [6.45, 7) is 3.93. The van der Waals surface area contributed by atoms with Crippen molar-refractivity contribution in [2.45, 2.75) is 20.3 Å². The van der Waals surface area contributed by atoms with Crippen molar-refractivity contribution in [3.63, 3.8) is 0 Å². The van der Waals surface area contributed by atoms with Gasteiger partial charge in [-0.05, 0) is 37.1 Å². The van der Waals surface area contributed by atoms with E-state index in [0.717, 1.165) is 17.5 Å². The zero-order valence-electron chi connectivity index (χ0n) is 9.83. The SMILES string of the molecule is Cc1cc(C)cc(O)c1.[C-]1=CC=CC1.[CH2]=[Ti+]. The number of hydrogen-bond acceptors (Lipinski definition) is 1. The number of aryl methyl sites for hydroxylation is 2. The summed E-state index contributed by atoms with van der Waals surface area (Å²) in [5.74, 6) is 0.354. The number of phenolic OH excluding ortho intramolecular Hbond substituents is 1. The molecule has 2 rings (SSSR count). The molecule has 83 valence electrons. The van der Waals surface area contributed by atoms with Crippen LogP contribution in [0.3, 0.4) is 0 Å². The van der Waals surface area contributed by atoms with Crippen molar-refractivity contribution in [1.29, 1.82) is 0 Å². The topological polar surface area (TPSA) is 20.2 Å². The number of aromatic hydroxyl groups is 1. The van der Waals surface area contributed by atoms with E-state index in [9.17, 15) is 0 Å². The fourth-order valence-corrected chi connectivity index (χ4v) is 1.29. The van der Waals surface area contributed by atoms with Gasteiger partial charge in [-0.2, -0.15) is 6.08 Å². The van der Waals surface area contributed by atoms with Crippen molar-refractivity contribution in [2.75, 3.05) is 0 Å². The zero-order valence-corrected chi connectivity index (χ0v) is 11.4. The second-order valence-electron chi connectivity index (χ2n) is 3.35. The number of phenols is 1. The van der Waals surface area contributed by atoms with Crippen molar-refractivity contribution < 1.29 is 25.1 Å². The second kappa shape index (κ2) is 9.32. The molecule has 0 saturated heterocycles. The van der Waals surface area contributed by atoms with Gasteiger partial charge in [-0.1, -0.05) is 6.07 Å². The van der Waals surface area contributed by atoms with E-state index in [0.29, 0.717) is 5.75 Å². The van der Waals surface area contributed by atoms with E-state index in [1.54, 1.807) is 32.1 Å². The molecule has 0 saturated carbocycles. The van der Waals surface area contributed by atoms with Gasteiger partial charge in [-0.15, -0.1) is 6.42 Å². The quantitative estimate of drug-likeness (QED) is 0.552. The Labute approximate surface area is 109 Å². The summed E-state index contributed by atoms with van der Waals surface area (Å²) in [5, 5.41) is 8.99. The molecule has 0 amide bonds. The number of rotatable bonds is 0. The molecule has 1 aromatic carbocycles. The Morgan fingerprint density at radius 2 is 1.75 bits per heavy atom. The Morgan fingerprint density at radius 3 is 2.00 bits per heavy atom. The summed E-state index contributed by atoms with van der Waals surface area (Å²) in [5.41, 5.74) is 2.21. The average molecular weight is 249 g/mol. The van der Waals surface area contributed by atoms with Crippen LogP contribution in [0.4, 0.5) is 0 Å². The van der Waals surface area contributed by atoms with Crippen LogP contribution in [-0.2, 0) is 20.0 Å². The molecule has 0 fully saturated rings. The van der Waals surface area contributed by atoms with Gasteiger partial charge in [0.1, 0.15) is 5.75 Å². The van der Waals surface area contributed by atoms with Crippen LogP contribution in [0.2, 0.25) is 0 Å². The van der Waals surface area contributed by atoms with E-state index < -0.39 is 0 Å². The Hall–Kier alpha value is -0.916. The van der Waals surface area contributed by atoms with Gasteiger partial charge >= 0.3 is 24.8 Å². The van der Waals surface area contributed by atoms with Crippen LogP contribution >= 0.6 is 0 Å². The summed E-state index contributed by atoms with van der Waals surface area (Å²) in [6, 6.07) is 5.51. The fraction of sp³-hybridized carbons (Fsp3) is 0.214. The Balaban J connectivity index is 0.000000272. The molecule has 0 bridgehead atoms. The van der Waals surface area contributed by atoms with Gasteiger partial charge in [0.05, 0.1) is 0 Å². The third-order valence-corrected chi connectivity index (χ3v) is 1.79. The minimum atomic E-state index is 0.354. The molecule has 16 heavy (non-hydrogen) atoms. The molecule has 0 unspecified atom stereocenters. The molecule has 2 heteroatoms. The maximum absolute atomic E-state index is 8.99. The molecule has 1 aromatic rings. The molecule has 0 aromatic heterocycles. The third-order valence-electron chi connectivity index (χ3n) is 1.79. The molecular formula is C14H17OTi. The first-order chi connectivity index (χ1) is 7.68. The van der Waals surface area contributed by atoms with Crippen LogP contribution in [0, 0.1) is 19.9 Å². The van der Waals surface area contributed by atoms with Gasteiger partial charge < -0.3 is 5.11 Å². The zero-order chi connectivity index (χ0) is 12.4. The van der Waals surface area contributed by atoms with Gasteiger partial charge in [0, 0.05) is 0 Å². The number of hydrogen-bond donors (Lipinski definition) is 1. The molecule has 0 spiro atoms. The van der Waals surface area contributed by atoms with Gasteiger partial charge in [-0.25, -0.2) is 12.2 Å². The fourth-order valence-electron chi connectivity index (χ4n) is 1.29. The van der Waals surface area contributed by atoms with Crippen LogP contribution in [0.5, 0.6) is 5.75 Å². The average Bonchev–Trinajstić information content (AvgIpc) is 2.76. The van der Waals surface area contributed by atoms with Crippen molar-refractivity contribution >= 4 is 4.82 Å². The number of benzene rings is 1. The standard InChI is InChI=1S/C8H10O.C5H5.CH2.Ti/c1-6-3-7(2)5-8(9)4-6;1-2-4-5-3-1;;/h3-5,9H,1-2H3;1-3H,4H2;1H2;/q;-1;;+1. The second-order valence-corrected chi connectivity index (χ2v) is 3.35. The van der Waals surface area contributed by atoms with Crippen molar-refractivity contribution in [2.24, 2.45) is 0 Å². The van der Waals surface area contributed by atoms with Crippen LogP contribution in [-0.4, -0.2) is 9.92 Å². The summed E-state index contributed by atoms with van der Waals surface area (Å²) in [6.07, 6.45) is 10.0. The Bertz CT molecular complexity index is 307. The summed E-state index contributed by atoms with van der Waals surface area (Å²) >= 11 is 1.75. The predicted molar refractivity (Wildman–Crippen MR) is 66.3 cm³/mol. The molecule has 0 radical (unpaired) electrons. The first kappa shape index (κ1) is 15.1. The van der Waals surface area contributed by atoms with E-state index >= 15 is 0 Å². The van der Waals surface area contributed by atoms with Crippen LogP contribution in [0.15, 0.2) is 36.4 Å². The van der Waals surface area contributed by atoms with E-state index in [1.807, 2.05) is 32.1 Å². The van der Waals surface area contributed by atoms with E-state index in [2.05, 4.69) is 17.0 Å². The summed E-state index contributed by atoms with van der Waals surface area (Å²) in [7, 11) is 0. The monoisotopic (exact) mass is 249 g/mol. The molecular weight excluding hydrogens is 232 g/mol. The predicted octanol–water partition coefficient (Wildman–Crippen LogP) is 3.28. The van der Waals surface area contributed by atoms with Crippen molar-refractivity contribution in [1.82, 2.24) is 0 Å². The normalized spacial score (nSPS) is 11.2. The van der Waals surface area contributed by atoms with E-state index in [1.165, 1.54) is 0 Å². The summed E-state index contributed by atoms with van der Waals surface area (Å²) in [4.78, 5) is 3.25. The molecule has 1 aliphatic carbocycles. The Kier molecular flexibility index (Phi) is 8.79.